The fourth-order valence-electron chi connectivity index (χ4n) is 3.73. The first-order valence-corrected chi connectivity index (χ1v) is 10.4. The van der Waals surface area contributed by atoms with Crippen molar-refractivity contribution in [2.24, 2.45) is 5.92 Å². The predicted molar refractivity (Wildman–Crippen MR) is 116 cm³/mol. The topological polar surface area (TPSA) is 82.5 Å². The van der Waals surface area contributed by atoms with E-state index in [0.29, 0.717) is 32.8 Å². The van der Waals surface area contributed by atoms with Crippen molar-refractivity contribution in [2.45, 2.75) is 32.0 Å². The highest BCUT2D eigenvalue weighted by Gasteiger charge is 2.37. The second-order valence-corrected chi connectivity index (χ2v) is 7.64. The van der Waals surface area contributed by atoms with E-state index < -0.39 is 17.5 Å². The molecule has 2 aromatic carbocycles. The van der Waals surface area contributed by atoms with Crippen molar-refractivity contribution < 1.29 is 14.2 Å². The number of aromatic amines is 1. The molecule has 0 bridgehead atoms. The molecule has 31 heavy (non-hydrogen) atoms. The van der Waals surface area contributed by atoms with Crippen LogP contribution in [0.5, 0.6) is 0 Å². The molecule has 7 heteroatoms. The molecule has 1 aromatic heterocycles. The van der Waals surface area contributed by atoms with Crippen LogP contribution in [0.2, 0.25) is 0 Å². The Labute approximate surface area is 180 Å². The molecular formula is C24H26N2O5. The SMILES string of the molecule is O=c1ccn([C@H]2C[C@H](COCc3ccccc3)[C@@H](COCc3ccccc3)O2)c(=O)[nH]1. The van der Waals surface area contributed by atoms with Crippen LogP contribution in [-0.2, 0) is 27.4 Å². The summed E-state index contributed by atoms with van der Waals surface area (Å²) in [6, 6.07) is 21.3. The first-order valence-electron chi connectivity index (χ1n) is 10.4. The molecule has 0 saturated carbocycles. The molecule has 3 aromatic rings. The Balaban J connectivity index is 1.39. The maximum absolute atomic E-state index is 12.2. The lowest BCUT2D eigenvalue weighted by Gasteiger charge is -2.19. The third kappa shape index (κ3) is 5.79. The monoisotopic (exact) mass is 422 g/mol. The Kier molecular flexibility index (Phi) is 7.09. The van der Waals surface area contributed by atoms with Crippen LogP contribution in [-0.4, -0.2) is 28.9 Å². The molecule has 3 atom stereocenters. The van der Waals surface area contributed by atoms with E-state index in [0.717, 1.165) is 11.1 Å². The van der Waals surface area contributed by atoms with Crippen LogP contribution in [0.15, 0.2) is 82.5 Å². The second kappa shape index (κ2) is 10.3. The predicted octanol–water partition coefficient (Wildman–Crippen LogP) is 2.87. The summed E-state index contributed by atoms with van der Waals surface area (Å²) in [6.45, 7) is 1.88. The number of nitrogens with one attached hydrogen (secondary N) is 1. The summed E-state index contributed by atoms with van der Waals surface area (Å²) in [5.74, 6) is 0.0586. The Morgan fingerprint density at radius 3 is 2.10 bits per heavy atom. The van der Waals surface area contributed by atoms with Crippen LogP contribution in [0.3, 0.4) is 0 Å². The highest BCUT2D eigenvalue weighted by molar-refractivity contribution is 5.14. The zero-order valence-electron chi connectivity index (χ0n) is 17.2. The van der Waals surface area contributed by atoms with Gasteiger partial charge in [0.15, 0.2) is 0 Å². The molecule has 2 heterocycles. The van der Waals surface area contributed by atoms with Gasteiger partial charge in [0.05, 0.1) is 32.5 Å². The number of aromatic nitrogens is 2. The number of benzene rings is 2. The van der Waals surface area contributed by atoms with E-state index in [4.69, 9.17) is 14.2 Å². The van der Waals surface area contributed by atoms with Crippen LogP contribution in [0.25, 0.3) is 0 Å². The van der Waals surface area contributed by atoms with Gasteiger partial charge in [0, 0.05) is 24.6 Å². The van der Waals surface area contributed by atoms with Crippen molar-refractivity contribution in [1.82, 2.24) is 9.55 Å². The molecule has 0 radical (unpaired) electrons. The highest BCUT2D eigenvalue weighted by atomic mass is 16.6. The zero-order valence-corrected chi connectivity index (χ0v) is 17.2. The normalized spacial score (nSPS) is 20.7. The molecule has 1 N–H and O–H groups in total. The van der Waals surface area contributed by atoms with Crippen molar-refractivity contribution in [2.75, 3.05) is 13.2 Å². The Hall–Kier alpha value is -3.00. The molecule has 162 valence electrons. The van der Waals surface area contributed by atoms with Crippen LogP contribution in [0.4, 0.5) is 0 Å². The van der Waals surface area contributed by atoms with Crippen LogP contribution >= 0.6 is 0 Å². The third-order valence-electron chi connectivity index (χ3n) is 5.36. The molecule has 4 rings (SSSR count). The lowest BCUT2D eigenvalue weighted by Crippen LogP contribution is -2.31. The molecule has 0 spiro atoms. The minimum absolute atomic E-state index is 0.0586. The van der Waals surface area contributed by atoms with Gasteiger partial charge in [-0.15, -0.1) is 0 Å². The van der Waals surface area contributed by atoms with Gasteiger partial charge in [-0.1, -0.05) is 60.7 Å². The van der Waals surface area contributed by atoms with E-state index in [-0.39, 0.29) is 12.0 Å². The van der Waals surface area contributed by atoms with Gasteiger partial charge in [0.2, 0.25) is 0 Å². The van der Waals surface area contributed by atoms with Gasteiger partial charge in [-0.25, -0.2) is 4.79 Å². The zero-order chi connectivity index (χ0) is 21.5. The molecule has 0 unspecified atom stereocenters. The summed E-state index contributed by atoms with van der Waals surface area (Å²) in [5.41, 5.74) is 1.29. The molecule has 0 amide bonds. The van der Waals surface area contributed by atoms with E-state index in [2.05, 4.69) is 4.98 Å². The number of ether oxygens (including phenoxy) is 3. The Bertz CT molecular complexity index is 1010. The number of nitrogens with zero attached hydrogens (tertiary/aromatic N) is 1. The molecule has 1 aliphatic rings. The van der Waals surface area contributed by atoms with Crippen LogP contribution < -0.4 is 11.2 Å². The summed E-state index contributed by atoms with van der Waals surface area (Å²) in [6.07, 6.45) is 1.38. The van der Waals surface area contributed by atoms with Gasteiger partial charge < -0.3 is 14.2 Å². The highest BCUT2D eigenvalue weighted by Crippen LogP contribution is 2.33. The average Bonchev–Trinajstić information content (AvgIpc) is 3.18. The van der Waals surface area contributed by atoms with Crippen molar-refractivity contribution in [3.05, 3.63) is 105 Å². The smallest absolute Gasteiger partial charge is 0.330 e. The minimum atomic E-state index is -0.479. The quantitative estimate of drug-likeness (QED) is 0.573. The van der Waals surface area contributed by atoms with Gasteiger partial charge in [0.1, 0.15) is 6.23 Å². The van der Waals surface area contributed by atoms with Crippen molar-refractivity contribution in [3.63, 3.8) is 0 Å². The van der Waals surface area contributed by atoms with Gasteiger partial charge in [0.25, 0.3) is 5.56 Å². The van der Waals surface area contributed by atoms with Crippen molar-refractivity contribution in [3.8, 4) is 0 Å². The fraction of sp³-hybridized carbons (Fsp3) is 0.333. The summed E-state index contributed by atoms with van der Waals surface area (Å²) < 4.78 is 19.4. The average molecular weight is 422 g/mol. The second-order valence-electron chi connectivity index (χ2n) is 7.64. The van der Waals surface area contributed by atoms with Gasteiger partial charge in [-0.3, -0.25) is 14.3 Å². The number of hydrogen-bond donors (Lipinski definition) is 1. The van der Waals surface area contributed by atoms with E-state index in [1.54, 1.807) is 0 Å². The van der Waals surface area contributed by atoms with Gasteiger partial charge in [-0.05, 0) is 11.1 Å². The lowest BCUT2D eigenvalue weighted by molar-refractivity contribution is -0.0623. The summed E-state index contributed by atoms with van der Waals surface area (Å²) >= 11 is 0. The molecule has 0 aliphatic carbocycles. The van der Waals surface area contributed by atoms with Crippen molar-refractivity contribution >= 4 is 0 Å². The Morgan fingerprint density at radius 2 is 1.48 bits per heavy atom. The Morgan fingerprint density at radius 1 is 0.871 bits per heavy atom. The molecule has 1 fully saturated rings. The van der Waals surface area contributed by atoms with E-state index in [1.807, 2.05) is 60.7 Å². The van der Waals surface area contributed by atoms with Gasteiger partial charge >= 0.3 is 5.69 Å². The molecule has 1 saturated heterocycles. The van der Waals surface area contributed by atoms with Crippen LogP contribution in [0, 0.1) is 5.92 Å². The fourth-order valence-corrected chi connectivity index (χ4v) is 3.73. The number of H-pyrrole nitrogens is 1. The standard InChI is InChI=1S/C24H26N2O5/c27-22-11-12-26(24(28)25-22)23-13-20(16-29-14-18-7-3-1-4-8-18)21(31-23)17-30-15-19-9-5-2-6-10-19/h1-12,20-21,23H,13-17H2,(H,25,27,28)/t20-,21-,23-/m1/s1. The summed E-state index contributed by atoms with van der Waals surface area (Å²) in [5, 5.41) is 0. The summed E-state index contributed by atoms with van der Waals surface area (Å²) in [7, 11) is 0. The minimum Gasteiger partial charge on any atom is -0.376 e. The number of hydrogen-bond acceptors (Lipinski definition) is 5. The van der Waals surface area contributed by atoms with E-state index in [1.165, 1.54) is 16.8 Å². The van der Waals surface area contributed by atoms with Crippen molar-refractivity contribution in [1.29, 1.82) is 0 Å². The first-order chi connectivity index (χ1) is 15.2. The molecule has 7 nitrogen and oxygen atoms in total. The van der Waals surface area contributed by atoms with Gasteiger partial charge in [-0.2, -0.15) is 0 Å². The molecular weight excluding hydrogens is 396 g/mol. The van der Waals surface area contributed by atoms with E-state index in [9.17, 15) is 9.59 Å². The maximum atomic E-state index is 12.2. The lowest BCUT2D eigenvalue weighted by atomic mass is 10.0. The first kappa shape index (κ1) is 21.2. The third-order valence-corrected chi connectivity index (χ3v) is 5.36. The van der Waals surface area contributed by atoms with E-state index >= 15 is 0 Å². The number of rotatable bonds is 9. The van der Waals surface area contributed by atoms with Crippen LogP contribution in [0.1, 0.15) is 23.8 Å². The maximum Gasteiger partial charge on any atom is 0.330 e. The summed E-state index contributed by atoms with van der Waals surface area (Å²) in [4.78, 5) is 25.9. The largest absolute Gasteiger partial charge is 0.376 e. The molecule has 1 aliphatic heterocycles.